The summed E-state index contributed by atoms with van der Waals surface area (Å²) in [4.78, 5) is 0. The van der Waals surface area contributed by atoms with Gasteiger partial charge in [-0.2, -0.15) is 0 Å². The van der Waals surface area contributed by atoms with Gasteiger partial charge >= 0.3 is 0 Å². The molecule has 94 valence electrons. The summed E-state index contributed by atoms with van der Waals surface area (Å²) in [5.74, 6) is 0. The van der Waals surface area contributed by atoms with E-state index in [1.807, 2.05) is 12.1 Å². The zero-order valence-corrected chi connectivity index (χ0v) is 11.9. The van der Waals surface area contributed by atoms with Crippen molar-refractivity contribution in [1.82, 2.24) is 0 Å². The molecule has 0 spiro atoms. The molecule has 0 amide bonds. The third kappa shape index (κ3) is 3.39. The molecular formula is C15H20Cl2. The highest BCUT2D eigenvalue weighted by Crippen LogP contribution is 2.42. The summed E-state index contributed by atoms with van der Waals surface area (Å²) in [5.41, 5.74) is 1.61. The first-order valence-corrected chi connectivity index (χ1v) is 7.30. The normalized spacial score (nSPS) is 21.1. The molecule has 1 aliphatic rings. The smallest absolute Gasteiger partial charge is 0.0430 e. The van der Waals surface area contributed by atoms with E-state index < -0.39 is 0 Å². The van der Waals surface area contributed by atoms with Gasteiger partial charge in [0.1, 0.15) is 0 Å². The Kier molecular flexibility index (Phi) is 4.38. The molecule has 1 aromatic rings. The Morgan fingerprint density at radius 2 is 1.71 bits per heavy atom. The summed E-state index contributed by atoms with van der Waals surface area (Å²) < 4.78 is 0. The Bertz CT molecular complexity index is 350. The van der Waals surface area contributed by atoms with E-state index in [-0.39, 0.29) is 5.38 Å². The van der Waals surface area contributed by atoms with Crippen LogP contribution in [0.5, 0.6) is 0 Å². The molecule has 1 aromatic carbocycles. The molecule has 17 heavy (non-hydrogen) atoms. The number of hydrogen-bond acceptors (Lipinski definition) is 0. The summed E-state index contributed by atoms with van der Waals surface area (Å²) in [6.07, 6.45) is 7.54. The summed E-state index contributed by atoms with van der Waals surface area (Å²) in [6, 6.07) is 8.07. The number of rotatable bonds is 3. The zero-order chi connectivity index (χ0) is 12.3. The lowest BCUT2D eigenvalue weighted by Crippen LogP contribution is -2.32. The van der Waals surface area contributed by atoms with Crippen LogP contribution in [-0.2, 0) is 6.42 Å². The molecular weight excluding hydrogens is 251 g/mol. The van der Waals surface area contributed by atoms with E-state index in [0.29, 0.717) is 5.41 Å². The van der Waals surface area contributed by atoms with Gasteiger partial charge in [-0.25, -0.2) is 0 Å². The van der Waals surface area contributed by atoms with Gasteiger partial charge in [0.15, 0.2) is 0 Å². The minimum absolute atomic E-state index is 0.240. The molecule has 1 fully saturated rings. The van der Waals surface area contributed by atoms with Crippen molar-refractivity contribution in [2.24, 2.45) is 5.41 Å². The highest BCUT2D eigenvalue weighted by molar-refractivity contribution is 6.30. The van der Waals surface area contributed by atoms with Gasteiger partial charge in [-0.15, -0.1) is 11.6 Å². The molecule has 0 aromatic heterocycles. The van der Waals surface area contributed by atoms with Gasteiger partial charge in [-0.3, -0.25) is 0 Å². The van der Waals surface area contributed by atoms with Crippen molar-refractivity contribution in [3.63, 3.8) is 0 Å². The van der Waals surface area contributed by atoms with E-state index >= 15 is 0 Å². The highest BCUT2D eigenvalue weighted by atomic mass is 35.5. The van der Waals surface area contributed by atoms with E-state index in [0.717, 1.165) is 11.4 Å². The van der Waals surface area contributed by atoms with Gasteiger partial charge in [-0.1, -0.05) is 49.9 Å². The fraction of sp³-hybridized carbons (Fsp3) is 0.600. The van der Waals surface area contributed by atoms with E-state index in [1.54, 1.807) is 0 Å². The summed E-state index contributed by atoms with van der Waals surface area (Å²) in [6.45, 7) is 2.35. The molecule has 1 unspecified atom stereocenters. The topological polar surface area (TPSA) is 0 Å². The Hall–Kier alpha value is -0.200. The second-order valence-corrected chi connectivity index (χ2v) is 6.48. The van der Waals surface area contributed by atoms with Crippen LogP contribution in [0, 0.1) is 5.41 Å². The van der Waals surface area contributed by atoms with Gasteiger partial charge in [0.2, 0.25) is 0 Å². The van der Waals surface area contributed by atoms with Crippen molar-refractivity contribution >= 4 is 23.2 Å². The number of halogens is 2. The molecule has 2 heteroatoms. The van der Waals surface area contributed by atoms with E-state index in [2.05, 4.69) is 19.1 Å². The van der Waals surface area contributed by atoms with E-state index in [1.165, 1.54) is 37.7 Å². The lowest BCUT2D eigenvalue weighted by Gasteiger charge is -2.37. The van der Waals surface area contributed by atoms with E-state index in [4.69, 9.17) is 23.2 Å². The monoisotopic (exact) mass is 270 g/mol. The van der Waals surface area contributed by atoms with Crippen LogP contribution >= 0.6 is 23.2 Å². The van der Waals surface area contributed by atoms with Crippen molar-refractivity contribution < 1.29 is 0 Å². The summed E-state index contributed by atoms with van der Waals surface area (Å²) in [7, 11) is 0. The van der Waals surface area contributed by atoms with Crippen LogP contribution in [0.3, 0.4) is 0 Å². The van der Waals surface area contributed by atoms with Crippen LogP contribution in [0.2, 0.25) is 5.02 Å². The van der Waals surface area contributed by atoms with Crippen LogP contribution in [0.25, 0.3) is 0 Å². The van der Waals surface area contributed by atoms with Crippen molar-refractivity contribution in [2.45, 2.75) is 50.8 Å². The predicted molar refractivity (Wildman–Crippen MR) is 76.0 cm³/mol. The first kappa shape index (κ1) is 13.2. The van der Waals surface area contributed by atoms with Crippen molar-refractivity contribution in [1.29, 1.82) is 0 Å². The standard InChI is InChI=1S/C15H20Cl2/c1-15(9-3-2-4-10-15)14(17)11-12-5-7-13(16)8-6-12/h5-8,14H,2-4,9-11H2,1H3. The molecule has 0 N–H and O–H groups in total. The maximum atomic E-state index is 6.64. The Balaban J connectivity index is 2.00. The van der Waals surface area contributed by atoms with Crippen LogP contribution in [-0.4, -0.2) is 5.38 Å². The maximum absolute atomic E-state index is 6.64. The highest BCUT2D eigenvalue weighted by Gasteiger charge is 2.34. The number of hydrogen-bond donors (Lipinski definition) is 0. The zero-order valence-electron chi connectivity index (χ0n) is 10.4. The van der Waals surface area contributed by atoms with E-state index in [9.17, 15) is 0 Å². The Morgan fingerprint density at radius 3 is 2.29 bits per heavy atom. The minimum atomic E-state index is 0.240. The fourth-order valence-corrected chi connectivity index (χ4v) is 3.27. The molecule has 0 saturated heterocycles. The Morgan fingerprint density at radius 1 is 1.12 bits per heavy atom. The van der Waals surface area contributed by atoms with Crippen LogP contribution in [0.15, 0.2) is 24.3 Å². The molecule has 2 rings (SSSR count). The summed E-state index contributed by atoms with van der Waals surface area (Å²) >= 11 is 12.5. The van der Waals surface area contributed by atoms with Crippen molar-refractivity contribution in [2.75, 3.05) is 0 Å². The predicted octanol–water partition coefficient (Wildman–Crippen LogP) is 5.46. The second-order valence-electron chi connectivity index (χ2n) is 5.51. The lowest BCUT2D eigenvalue weighted by molar-refractivity contribution is 0.205. The molecule has 0 nitrogen and oxygen atoms in total. The fourth-order valence-electron chi connectivity index (χ4n) is 2.75. The van der Waals surface area contributed by atoms with Gasteiger partial charge in [0.25, 0.3) is 0 Å². The average Bonchev–Trinajstić information content (AvgIpc) is 2.33. The molecule has 1 aliphatic carbocycles. The van der Waals surface area contributed by atoms with Crippen LogP contribution in [0.1, 0.15) is 44.6 Å². The van der Waals surface area contributed by atoms with Gasteiger partial charge < -0.3 is 0 Å². The molecule has 1 saturated carbocycles. The van der Waals surface area contributed by atoms with Gasteiger partial charge in [0.05, 0.1) is 0 Å². The second kappa shape index (κ2) is 5.63. The third-order valence-corrected chi connectivity index (χ3v) is 5.01. The average molecular weight is 271 g/mol. The quantitative estimate of drug-likeness (QED) is 0.640. The summed E-state index contributed by atoms with van der Waals surface area (Å²) in [5, 5.41) is 1.03. The molecule has 0 aliphatic heterocycles. The largest absolute Gasteiger partial charge is 0.122 e. The molecule has 0 heterocycles. The van der Waals surface area contributed by atoms with Gasteiger partial charge in [0, 0.05) is 10.4 Å². The maximum Gasteiger partial charge on any atom is 0.0430 e. The number of benzene rings is 1. The SMILES string of the molecule is CC1(C(Cl)Cc2ccc(Cl)cc2)CCCCC1. The Labute approximate surface area is 114 Å². The molecule has 0 radical (unpaired) electrons. The van der Waals surface area contributed by atoms with Gasteiger partial charge in [-0.05, 0) is 42.4 Å². The molecule has 1 atom stereocenters. The molecule has 0 bridgehead atoms. The van der Waals surface area contributed by atoms with Crippen molar-refractivity contribution in [3.8, 4) is 0 Å². The van der Waals surface area contributed by atoms with Crippen LogP contribution in [0.4, 0.5) is 0 Å². The van der Waals surface area contributed by atoms with Crippen LogP contribution < -0.4 is 0 Å². The van der Waals surface area contributed by atoms with Crippen molar-refractivity contribution in [3.05, 3.63) is 34.9 Å². The number of alkyl halides is 1. The first-order valence-electron chi connectivity index (χ1n) is 6.49. The first-order chi connectivity index (χ1) is 8.10. The lowest BCUT2D eigenvalue weighted by atomic mass is 9.72. The minimum Gasteiger partial charge on any atom is -0.122 e. The third-order valence-electron chi connectivity index (χ3n) is 4.08.